The lowest BCUT2D eigenvalue weighted by Crippen LogP contribution is -2.24. The first-order valence-corrected chi connectivity index (χ1v) is 7.10. The van der Waals surface area contributed by atoms with Gasteiger partial charge >= 0.3 is 6.18 Å². The second-order valence-electron chi connectivity index (χ2n) is 5.96. The predicted octanol–water partition coefficient (Wildman–Crippen LogP) is 3.58. The molecule has 1 fully saturated rings. The number of halogens is 3. The number of hydrogen-bond donors (Lipinski definition) is 1. The summed E-state index contributed by atoms with van der Waals surface area (Å²) in [5.74, 6) is 0.143. The monoisotopic (exact) mass is 290 g/mol. The van der Waals surface area contributed by atoms with Crippen molar-refractivity contribution >= 4 is 0 Å². The molecule has 0 amide bonds. The molecule has 1 aromatic heterocycles. The number of aromatic nitrogens is 2. The van der Waals surface area contributed by atoms with Crippen LogP contribution in [0.3, 0.4) is 0 Å². The molecule has 0 spiro atoms. The number of aliphatic hydroxyl groups excluding tert-OH is 1. The second-order valence-corrected chi connectivity index (χ2v) is 5.96. The van der Waals surface area contributed by atoms with E-state index in [1.165, 1.54) is 0 Å². The van der Waals surface area contributed by atoms with Crippen molar-refractivity contribution in [3.8, 4) is 0 Å². The molecule has 1 saturated carbocycles. The molecule has 0 radical (unpaired) electrons. The molecular formula is C14H21F3N2O. The Morgan fingerprint density at radius 1 is 1.30 bits per heavy atom. The standard InChI is InChI=1S/C14H21F3N2O/c1-9(2)12-7-13(14(15,16)17)19(18-12)8-10-3-5-11(20)6-4-10/h7,9-11,20H,3-6,8H2,1-2H3. The molecule has 0 saturated heterocycles. The van der Waals surface area contributed by atoms with Gasteiger partial charge in [-0.3, -0.25) is 4.68 Å². The van der Waals surface area contributed by atoms with Crippen LogP contribution in [0.25, 0.3) is 0 Å². The molecule has 1 N–H and O–H groups in total. The minimum atomic E-state index is -4.37. The van der Waals surface area contributed by atoms with Crippen LogP contribution in [0.2, 0.25) is 0 Å². The molecule has 1 aromatic rings. The van der Waals surface area contributed by atoms with Crippen molar-refractivity contribution in [3.05, 3.63) is 17.5 Å². The summed E-state index contributed by atoms with van der Waals surface area (Å²) in [5.41, 5.74) is -0.180. The van der Waals surface area contributed by atoms with E-state index in [4.69, 9.17) is 0 Å². The lowest BCUT2D eigenvalue weighted by atomic mass is 9.87. The first-order valence-electron chi connectivity index (χ1n) is 7.10. The number of nitrogens with zero attached hydrogens (tertiary/aromatic N) is 2. The molecule has 0 bridgehead atoms. The highest BCUT2D eigenvalue weighted by molar-refractivity contribution is 5.16. The Balaban J connectivity index is 2.17. The molecule has 6 heteroatoms. The Morgan fingerprint density at radius 2 is 1.90 bits per heavy atom. The molecule has 0 unspecified atom stereocenters. The fraction of sp³-hybridized carbons (Fsp3) is 0.786. The molecule has 1 heterocycles. The first kappa shape index (κ1) is 15.4. The zero-order valence-corrected chi connectivity index (χ0v) is 11.8. The topological polar surface area (TPSA) is 38.0 Å². The van der Waals surface area contributed by atoms with Gasteiger partial charge in [0.1, 0.15) is 5.69 Å². The van der Waals surface area contributed by atoms with Gasteiger partial charge in [0, 0.05) is 6.54 Å². The highest BCUT2D eigenvalue weighted by Gasteiger charge is 2.36. The molecule has 2 rings (SSSR count). The fourth-order valence-corrected chi connectivity index (χ4v) is 2.66. The van der Waals surface area contributed by atoms with Crippen LogP contribution in [0.1, 0.15) is 56.8 Å². The van der Waals surface area contributed by atoms with E-state index in [0.717, 1.165) is 23.6 Å². The lowest BCUT2D eigenvalue weighted by Gasteiger charge is -2.26. The minimum absolute atomic E-state index is 0.0227. The summed E-state index contributed by atoms with van der Waals surface area (Å²) in [6.45, 7) is 3.96. The van der Waals surface area contributed by atoms with E-state index in [-0.39, 0.29) is 24.5 Å². The summed E-state index contributed by atoms with van der Waals surface area (Å²) in [4.78, 5) is 0. The second kappa shape index (κ2) is 5.76. The summed E-state index contributed by atoms with van der Waals surface area (Å²) >= 11 is 0. The third kappa shape index (κ3) is 3.53. The quantitative estimate of drug-likeness (QED) is 0.924. The molecule has 0 aliphatic heterocycles. The van der Waals surface area contributed by atoms with Crippen LogP contribution in [0.15, 0.2) is 6.07 Å². The maximum atomic E-state index is 13.0. The smallest absolute Gasteiger partial charge is 0.393 e. The molecule has 3 nitrogen and oxygen atoms in total. The molecule has 0 aromatic carbocycles. The average molecular weight is 290 g/mol. The normalized spacial score (nSPS) is 24.4. The van der Waals surface area contributed by atoms with Crippen LogP contribution in [-0.4, -0.2) is 21.0 Å². The number of aliphatic hydroxyl groups is 1. The summed E-state index contributed by atoms with van der Waals surface area (Å²) < 4.78 is 40.2. The van der Waals surface area contributed by atoms with E-state index in [9.17, 15) is 18.3 Å². The summed E-state index contributed by atoms with van der Waals surface area (Å²) in [6, 6.07) is 1.16. The Bertz CT molecular complexity index is 446. The van der Waals surface area contributed by atoms with Gasteiger partial charge in [0.2, 0.25) is 0 Å². The zero-order valence-electron chi connectivity index (χ0n) is 11.8. The largest absolute Gasteiger partial charge is 0.433 e. The van der Waals surface area contributed by atoms with E-state index in [1.54, 1.807) is 0 Å². The number of hydrogen-bond acceptors (Lipinski definition) is 2. The van der Waals surface area contributed by atoms with Crippen LogP contribution < -0.4 is 0 Å². The number of rotatable bonds is 3. The Labute approximate surface area is 116 Å². The van der Waals surface area contributed by atoms with Gasteiger partial charge in [-0.1, -0.05) is 13.8 Å². The number of alkyl halides is 3. The molecule has 1 aliphatic carbocycles. The van der Waals surface area contributed by atoms with E-state index >= 15 is 0 Å². The molecule has 0 atom stereocenters. The first-order chi connectivity index (χ1) is 9.27. The summed E-state index contributed by atoms with van der Waals surface area (Å²) in [7, 11) is 0. The van der Waals surface area contributed by atoms with Crippen molar-refractivity contribution in [1.29, 1.82) is 0 Å². The van der Waals surface area contributed by atoms with Gasteiger partial charge < -0.3 is 5.11 Å². The minimum Gasteiger partial charge on any atom is -0.393 e. The van der Waals surface area contributed by atoms with Gasteiger partial charge in [-0.25, -0.2) is 0 Å². The summed E-state index contributed by atoms with van der Waals surface area (Å²) in [5, 5.41) is 13.6. The Hall–Kier alpha value is -1.04. The third-order valence-electron chi connectivity index (χ3n) is 3.93. The average Bonchev–Trinajstić information content (AvgIpc) is 2.76. The van der Waals surface area contributed by atoms with Gasteiger partial charge in [-0.2, -0.15) is 18.3 Å². The zero-order chi connectivity index (χ0) is 14.9. The Morgan fingerprint density at radius 3 is 2.40 bits per heavy atom. The maximum Gasteiger partial charge on any atom is 0.433 e. The van der Waals surface area contributed by atoms with Gasteiger partial charge in [0.25, 0.3) is 0 Å². The molecular weight excluding hydrogens is 269 g/mol. The molecule has 20 heavy (non-hydrogen) atoms. The summed E-state index contributed by atoms with van der Waals surface area (Å²) in [6.07, 6.45) is -1.80. The van der Waals surface area contributed by atoms with Crippen molar-refractivity contribution in [3.63, 3.8) is 0 Å². The van der Waals surface area contributed by atoms with Crippen LogP contribution in [0.5, 0.6) is 0 Å². The van der Waals surface area contributed by atoms with E-state index in [2.05, 4.69) is 5.10 Å². The highest BCUT2D eigenvalue weighted by atomic mass is 19.4. The molecule has 1 aliphatic rings. The van der Waals surface area contributed by atoms with Gasteiger partial charge in [0.05, 0.1) is 11.8 Å². The van der Waals surface area contributed by atoms with Crippen molar-refractivity contribution in [1.82, 2.24) is 9.78 Å². The van der Waals surface area contributed by atoms with Crippen molar-refractivity contribution in [2.75, 3.05) is 0 Å². The SMILES string of the molecule is CC(C)c1cc(C(F)(F)F)n(CC2CCC(O)CC2)n1. The van der Waals surface area contributed by atoms with E-state index in [1.807, 2.05) is 13.8 Å². The van der Waals surface area contributed by atoms with Crippen LogP contribution >= 0.6 is 0 Å². The van der Waals surface area contributed by atoms with Crippen molar-refractivity contribution in [2.24, 2.45) is 5.92 Å². The predicted molar refractivity (Wildman–Crippen MR) is 69.3 cm³/mol. The van der Waals surface area contributed by atoms with Crippen LogP contribution in [0.4, 0.5) is 13.2 Å². The highest BCUT2D eigenvalue weighted by Crippen LogP contribution is 2.33. The van der Waals surface area contributed by atoms with Crippen LogP contribution in [0, 0.1) is 5.92 Å². The van der Waals surface area contributed by atoms with Crippen molar-refractivity contribution < 1.29 is 18.3 Å². The Kier molecular flexibility index (Phi) is 4.42. The van der Waals surface area contributed by atoms with E-state index in [0.29, 0.717) is 18.5 Å². The lowest BCUT2D eigenvalue weighted by molar-refractivity contribution is -0.144. The van der Waals surface area contributed by atoms with Gasteiger partial charge in [-0.15, -0.1) is 0 Å². The fourth-order valence-electron chi connectivity index (χ4n) is 2.66. The van der Waals surface area contributed by atoms with Gasteiger partial charge in [-0.05, 0) is 43.6 Å². The third-order valence-corrected chi connectivity index (χ3v) is 3.93. The van der Waals surface area contributed by atoms with Crippen molar-refractivity contribution in [2.45, 2.75) is 64.3 Å². The van der Waals surface area contributed by atoms with Crippen LogP contribution in [-0.2, 0) is 12.7 Å². The van der Waals surface area contributed by atoms with Gasteiger partial charge in [0.15, 0.2) is 0 Å². The maximum absolute atomic E-state index is 13.0. The molecule has 114 valence electrons. The van der Waals surface area contributed by atoms with E-state index < -0.39 is 11.9 Å².